The summed E-state index contributed by atoms with van der Waals surface area (Å²) >= 11 is 3.12. The van der Waals surface area contributed by atoms with E-state index >= 15 is 0 Å². The van der Waals surface area contributed by atoms with Gasteiger partial charge in [-0.25, -0.2) is 9.97 Å². The molecule has 0 aliphatic heterocycles. The summed E-state index contributed by atoms with van der Waals surface area (Å²) in [5.74, 6) is -0.214. The van der Waals surface area contributed by atoms with Crippen molar-refractivity contribution >= 4 is 39.3 Å². The summed E-state index contributed by atoms with van der Waals surface area (Å²) in [6, 6.07) is 0. The van der Waals surface area contributed by atoms with Crippen LogP contribution < -0.4 is 0 Å². The van der Waals surface area contributed by atoms with Gasteiger partial charge in [-0.05, 0) is 32.8 Å². The van der Waals surface area contributed by atoms with Crippen molar-refractivity contribution in [2.75, 3.05) is 19.8 Å². The highest BCUT2D eigenvalue weighted by molar-refractivity contribution is 8.00. The molecular formula is C16H22N2O3S2. The standard InChI is InChI=1S/C16H22N2O3S2/c1-5-12(16(19)21-8-7-20-6-2)23-15-13-10(3)11(4)22-14(13)17-9-18-15/h9,12H,5-8H2,1-4H3/t12-/m1/s1. The molecule has 2 heterocycles. The van der Waals surface area contributed by atoms with E-state index in [1.807, 2.05) is 13.8 Å². The predicted molar refractivity (Wildman–Crippen MR) is 94.3 cm³/mol. The van der Waals surface area contributed by atoms with Crippen LogP contribution in [0.5, 0.6) is 0 Å². The number of aromatic nitrogens is 2. The van der Waals surface area contributed by atoms with E-state index in [2.05, 4.69) is 23.8 Å². The Morgan fingerprint density at radius 3 is 2.78 bits per heavy atom. The average Bonchev–Trinajstić information content (AvgIpc) is 2.84. The van der Waals surface area contributed by atoms with Crippen molar-refractivity contribution in [3.05, 3.63) is 16.8 Å². The minimum Gasteiger partial charge on any atom is -0.462 e. The number of esters is 1. The lowest BCUT2D eigenvalue weighted by atomic mass is 10.2. The van der Waals surface area contributed by atoms with Gasteiger partial charge in [-0.15, -0.1) is 11.3 Å². The quantitative estimate of drug-likeness (QED) is 0.311. The monoisotopic (exact) mass is 354 g/mol. The molecule has 126 valence electrons. The molecule has 1 atom stereocenters. The molecule has 0 aromatic carbocycles. The second-order valence-electron chi connectivity index (χ2n) is 5.02. The SMILES string of the molecule is CCOCCOC(=O)[C@@H](CC)Sc1ncnc2sc(C)c(C)c12. The number of fused-ring (bicyclic) bond motifs is 1. The Morgan fingerprint density at radius 2 is 2.09 bits per heavy atom. The summed E-state index contributed by atoms with van der Waals surface area (Å²) in [7, 11) is 0. The van der Waals surface area contributed by atoms with Gasteiger partial charge in [0.2, 0.25) is 0 Å². The maximum atomic E-state index is 12.2. The number of carbonyl (C=O) groups is 1. The maximum absolute atomic E-state index is 12.2. The highest BCUT2D eigenvalue weighted by atomic mass is 32.2. The summed E-state index contributed by atoms with van der Waals surface area (Å²) in [6.07, 6.45) is 2.25. The van der Waals surface area contributed by atoms with Crippen LogP contribution in [0.2, 0.25) is 0 Å². The number of aryl methyl sites for hydroxylation is 2. The molecule has 7 heteroatoms. The number of thiophene rings is 1. The van der Waals surface area contributed by atoms with Gasteiger partial charge >= 0.3 is 5.97 Å². The molecule has 0 fully saturated rings. The van der Waals surface area contributed by atoms with E-state index in [9.17, 15) is 4.79 Å². The average molecular weight is 354 g/mol. The van der Waals surface area contributed by atoms with Crippen LogP contribution in [0.15, 0.2) is 11.4 Å². The molecule has 0 unspecified atom stereocenters. The summed E-state index contributed by atoms with van der Waals surface area (Å²) < 4.78 is 10.5. The van der Waals surface area contributed by atoms with Gasteiger partial charge in [-0.3, -0.25) is 4.79 Å². The van der Waals surface area contributed by atoms with E-state index in [4.69, 9.17) is 9.47 Å². The molecule has 5 nitrogen and oxygen atoms in total. The van der Waals surface area contributed by atoms with Crippen molar-refractivity contribution in [2.45, 2.75) is 44.4 Å². The fraction of sp³-hybridized carbons (Fsp3) is 0.562. The molecule has 0 N–H and O–H groups in total. The summed E-state index contributed by atoms with van der Waals surface area (Å²) in [4.78, 5) is 23.1. The summed E-state index contributed by atoms with van der Waals surface area (Å²) in [5, 5.41) is 1.64. The number of hydrogen-bond acceptors (Lipinski definition) is 7. The van der Waals surface area contributed by atoms with Crippen LogP contribution in [0.25, 0.3) is 10.2 Å². The van der Waals surface area contributed by atoms with Gasteiger partial charge in [0.15, 0.2) is 0 Å². The lowest BCUT2D eigenvalue weighted by molar-refractivity contribution is -0.144. The van der Waals surface area contributed by atoms with E-state index < -0.39 is 0 Å². The van der Waals surface area contributed by atoms with E-state index in [0.29, 0.717) is 26.2 Å². The van der Waals surface area contributed by atoms with Crippen molar-refractivity contribution < 1.29 is 14.3 Å². The van der Waals surface area contributed by atoms with Crippen molar-refractivity contribution in [2.24, 2.45) is 0 Å². The van der Waals surface area contributed by atoms with Crippen LogP contribution in [-0.2, 0) is 14.3 Å². The zero-order chi connectivity index (χ0) is 16.8. The Kier molecular flexibility index (Phi) is 6.80. The zero-order valence-corrected chi connectivity index (χ0v) is 15.6. The fourth-order valence-corrected chi connectivity index (χ4v) is 4.25. The normalized spacial score (nSPS) is 12.5. The Morgan fingerprint density at radius 1 is 1.30 bits per heavy atom. The molecule has 23 heavy (non-hydrogen) atoms. The van der Waals surface area contributed by atoms with Crippen molar-refractivity contribution in [1.82, 2.24) is 9.97 Å². The largest absolute Gasteiger partial charge is 0.462 e. The van der Waals surface area contributed by atoms with Gasteiger partial charge in [0.25, 0.3) is 0 Å². The Bertz CT molecular complexity index is 673. The first-order valence-electron chi connectivity index (χ1n) is 7.70. The first kappa shape index (κ1) is 18.2. The fourth-order valence-electron chi connectivity index (χ4n) is 2.11. The third-order valence-corrected chi connectivity index (χ3v) is 5.95. The molecule has 0 aliphatic rings. The third-order valence-electron chi connectivity index (χ3n) is 3.49. The molecule has 0 amide bonds. The highest BCUT2D eigenvalue weighted by Gasteiger charge is 2.22. The minimum atomic E-state index is -0.269. The molecule has 0 spiro atoms. The first-order valence-corrected chi connectivity index (χ1v) is 9.39. The number of rotatable bonds is 8. The Hall–Kier alpha value is -1.18. The van der Waals surface area contributed by atoms with Crippen molar-refractivity contribution in [3.63, 3.8) is 0 Å². The van der Waals surface area contributed by atoms with Crippen molar-refractivity contribution in [3.8, 4) is 0 Å². The minimum absolute atomic E-state index is 0.214. The molecule has 2 aromatic rings. The van der Waals surface area contributed by atoms with Crippen LogP contribution in [0.3, 0.4) is 0 Å². The van der Waals surface area contributed by atoms with Crippen LogP contribution in [0.4, 0.5) is 0 Å². The maximum Gasteiger partial charge on any atom is 0.319 e. The third kappa shape index (κ3) is 4.43. The molecule has 0 radical (unpaired) electrons. The Labute approximate surface area is 144 Å². The van der Waals surface area contributed by atoms with Crippen LogP contribution in [0, 0.1) is 13.8 Å². The number of nitrogens with zero attached hydrogens (tertiary/aromatic N) is 2. The second kappa shape index (κ2) is 8.61. The van der Waals surface area contributed by atoms with E-state index in [0.717, 1.165) is 15.2 Å². The van der Waals surface area contributed by atoms with Gasteiger partial charge in [-0.1, -0.05) is 18.7 Å². The topological polar surface area (TPSA) is 61.3 Å². The zero-order valence-electron chi connectivity index (χ0n) is 13.9. The van der Waals surface area contributed by atoms with Gasteiger partial charge in [-0.2, -0.15) is 0 Å². The van der Waals surface area contributed by atoms with E-state index in [-0.39, 0.29) is 11.2 Å². The summed E-state index contributed by atoms with van der Waals surface area (Å²) in [5.41, 5.74) is 1.19. The first-order chi connectivity index (χ1) is 11.1. The van der Waals surface area contributed by atoms with E-state index in [1.54, 1.807) is 17.7 Å². The molecule has 2 rings (SSSR count). The number of thioether (sulfide) groups is 1. The van der Waals surface area contributed by atoms with Crippen molar-refractivity contribution in [1.29, 1.82) is 0 Å². The second-order valence-corrected chi connectivity index (χ2v) is 7.42. The lowest BCUT2D eigenvalue weighted by Crippen LogP contribution is -2.21. The molecule has 0 bridgehead atoms. The van der Waals surface area contributed by atoms with Crippen LogP contribution >= 0.6 is 23.1 Å². The number of carbonyl (C=O) groups excluding carboxylic acids is 1. The van der Waals surface area contributed by atoms with Gasteiger partial charge in [0, 0.05) is 16.9 Å². The van der Waals surface area contributed by atoms with Crippen LogP contribution in [0.1, 0.15) is 30.7 Å². The highest BCUT2D eigenvalue weighted by Crippen LogP contribution is 2.36. The van der Waals surface area contributed by atoms with Crippen LogP contribution in [-0.4, -0.2) is 41.0 Å². The van der Waals surface area contributed by atoms with Gasteiger partial charge < -0.3 is 9.47 Å². The van der Waals surface area contributed by atoms with Gasteiger partial charge in [0.05, 0.1) is 6.61 Å². The number of ether oxygens (including phenoxy) is 2. The summed E-state index contributed by atoms with van der Waals surface area (Å²) in [6.45, 7) is 9.39. The smallest absolute Gasteiger partial charge is 0.319 e. The number of hydrogen-bond donors (Lipinski definition) is 0. The molecular weight excluding hydrogens is 332 g/mol. The van der Waals surface area contributed by atoms with Gasteiger partial charge in [0.1, 0.15) is 28.0 Å². The molecule has 0 saturated heterocycles. The lowest BCUT2D eigenvalue weighted by Gasteiger charge is -2.14. The Balaban J connectivity index is 2.11. The molecule has 0 aliphatic carbocycles. The predicted octanol–water partition coefficient (Wildman–Crippen LogP) is 3.76. The molecule has 0 saturated carbocycles. The molecule has 2 aromatic heterocycles. The van der Waals surface area contributed by atoms with E-state index in [1.165, 1.54) is 22.2 Å².